The first-order valence-corrected chi connectivity index (χ1v) is 13.4. The molecular weight excluding hydrogens is 462 g/mol. The van der Waals surface area contributed by atoms with Gasteiger partial charge in [-0.3, -0.25) is 4.90 Å². The van der Waals surface area contributed by atoms with Crippen molar-refractivity contribution >= 4 is 16.0 Å². The first-order chi connectivity index (χ1) is 16.8. The highest BCUT2D eigenvalue weighted by Crippen LogP contribution is 2.33. The van der Waals surface area contributed by atoms with E-state index in [1.54, 1.807) is 32.4 Å². The Kier molecular flexibility index (Phi) is 7.44. The lowest BCUT2D eigenvalue weighted by atomic mass is 9.96. The molecule has 2 aromatic carbocycles. The minimum absolute atomic E-state index is 0.0399. The predicted molar refractivity (Wildman–Crippen MR) is 136 cm³/mol. The fraction of sp³-hybridized carbons (Fsp3) is 0.370. The van der Waals surface area contributed by atoms with Gasteiger partial charge in [-0.05, 0) is 31.9 Å². The topological polar surface area (TPSA) is 71.8 Å². The van der Waals surface area contributed by atoms with Crippen LogP contribution < -0.4 is 0 Å². The molecule has 1 fully saturated rings. The van der Waals surface area contributed by atoms with Gasteiger partial charge in [-0.1, -0.05) is 60.7 Å². The van der Waals surface area contributed by atoms with E-state index >= 15 is 0 Å². The van der Waals surface area contributed by atoms with E-state index in [1.807, 2.05) is 36.4 Å². The molecular formula is C27H33N3O4S. The van der Waals surface area contributed by atoms with Gasteiger partial charge in [0.05, 0.1) is 12.6 Å². The summed E-state index contributed by atoms with van der Waals surface area (Å²) >= 11 is 0. The summed E-state index contributed by atoms with van der Waals surface area (Å²) in [7, 11) is -2.11. The molecule has 0 N–H and O–H groups in total. The van der Waals surface area contributed by atoms with Gasteiger partial charge in [0.15, 0.2) is 0 Å². The molecule has 186 valence electrons. The zero-order valence-electron chi connectivity index (χ0n) is 20.8. The Morgan fingerprint density at radius 3 is 1.89 bits per heavy atom. The van der Waals surface area contributed by atoms with Gasteiger partial charge >= 0.3 is 5.97 Å². The van der Waals surface area contributed by atoms with Crippen LogP contribution in [-0.4, -0.2) is 60.9 Å². The standard InChI is InChI=1S/C27H33N3O4S/c1-5-34-27(31)24-20(2)28(4)21(3)26(24)35(32,33)30-18-16-29(17-19-30)25(22-12-8-6-9-13-22)23-14-10-7-11-15-23/h6-15,25H,5,16-19H2,1-4H3. The van der Waals surface area contributed by atoms with Gasteiger partial charge in [-0.2, -0.15) is 4.31 Å². The maximum atomic E-state index is 13.8. The number of ether oxygens (including phenoxy) is 1. The SMILES string of the molecule is CCOC(=O)c1c(S(=O)(=O)N2CCN(C(c3ccccc3)c3ccccc3)CC2)c(C)n(C)c1C. The molecule has 4 rings (SSSR count). The Hall–Kier alpha value is -2.94. The summed E-state index contributed by atoms with van der Waals surface area (Å²) in [4.78, 5) is 15.1. The molecule has 8 heteroatoms. The van der Waals surface area contributed by atoms with E-state index in [0.717, 1.165) is 0 Å². The van der Waals surface area contributed by atoms with Crippen LogP contribution >= 0.6 is 0 Å². The first kappa shape index (κ1) is 25.2. The molecule has 0 bridgehead atoms. The number of rotatable bonds is 7. The van der Waals surface area contributed by atoms with Crippen LogP contribution in [-0.2, 0) is 21.8 Å². The largest absolute Gasteiger partial charge is 0.462 e. The minimum Gasteiger partial charge on any atom is -0.462 e. The van der Waals surface area contributed by atoms with Gasteiger partial charge in [0.1, 0.15) is 10.5 Å². The molecule has 0 amide bonds. The highest BCUT2D eigenvalue weighted by Gasteiger charge is 2.38. The summed E-state index contributed by atoms with van der Waals surface area (Å²) in [5.74, 6) is -0.598. The van der Waals surface area contributed by atoms with Gasteiger partial charge in [0, 0.05) is 44.6 Å². The lowest BCUT2D eigenvalue weighted by Crippen LogP contribution is -2.50. The van der Waals surface area contributed by atoms with Gasteiger partial charge in [-0.15, -0.1) is 0 Å². The van der Waals surface area contributed by atoms with Crippen molar-refractivity contribution in [2.24, 2.45) is 7.05 Å². The lowest BCUT2D eigenvalue weighted by molar-refractivity contribution is 0.0520. The normalized spacial score (nSPS) is 15.5. The molecule has 1 saturated heterocycles. The van der Waals surface area contributed by atoms with Crippen LogP contribution in [0.25, 0.3) is 0 Å². The Labute approximate surface area is 208 Å². The molecule has 35 heavy (non-hydrogen) atoms. The van der Waals surface area contributed by atoms with E-state index in [4.69, 9.17) is 4.74 Å². The van der Waals surface area contributed by atoms with E-state index in [-0.39, 0.29) is 23.1 Å². The fourth-order valence-electron chi connectivity index (χ4n) is 4.89. The highest BCUT2D eigenvalue weighted by atomic mass is 32.2. The monoisotopic (exact) mass is 495 g/mol. The molecule has 0 aliphatic carbocycles. The Balaban J connectivity index is 1.62. The van der Waals surface area contributed by atoms with Crippen molar-refractivity contribution in [2.45, 2.75) is 31.7 Å². The van der Waals surface area contributed by atoms with Gasteiger partial charge in [-0.25, -0.2) is 13.2 Å². The molecule has 2 heterocycles. The molecule has 3 aromatic rings. The van der Waals surface area contributed by atoms with Crippen molar-refractivity contribution in [3.63, 3.8) is 0 Å². The zero-order valence-corrected chi connectivity index (χ0v) is 21.6. The Morgan fingerprint density at radius 1 is 0.886 bits per heavy atom. The van der Waals surface area contributed by atoms with E-state index in [9.17, 15) is 13.2 Å². The highest BCUT2D eigenvalue weighted by molar-refractivity contribution is 7.89. The second-order valence-corrected chi connectivity index (χ2v) is 10.7. The zero-order chi connectivity index (χ0) is 25.2. The number of carbonyl (C=O) groups excluding carboxylic acids is 1. The number of nitrogens with zero attached hydrogens (tertiary/aromatic N) is 3. The van der Waals surface area contributed by atoms with E-state index in [0.29, 0.717) is 37.6 Å². The average molecular weight is 496 g/mol. The number of esters is 1. The van der Waals surface area contributed by atoms with Gasteiger partial charge < -0.3 is 9.30 Å². The smallest absolute Gasteiger partial charge is 0.341 e. The first-order valence-electron chi connectivity index (χ1n) is 11.9. The molecule has 7 nitrogen and oxygen atoms in total. The molecule has 0 unspecified atom stereocenters. The van der Waals surface area contributed by atoms with E-state index < -0.39 is 16.0 Å². The Morgan fingerprint density at radius 2 is 1.40 bits per heavy atom. The summed E-state index contributed by atoms with van der Waals surface area (Å²) in [5.41, 5.74) is 3.62. The molecule has 1 aliphatic rings. The van der Waals surface area contributed by atoms with Crippen molar-refractivity contribution in [2.75, 3.05) is 32.8 Å². The third-order valence-electron chi connectivity index (χ3n) is 6.87. The summed E-state index contributed by atoms with van der Waals surface area (Å²) in [6.07, 6.45) is 0. The molecule has 1 aliphatic heterocycles. The van der Waals surface area contributed by atoms with Crippen LogP contribution in [0.5, 0.6) is 0 Å². The maximum absolute atomic E-state index is 13.8. The van der Waals surface area contributed by atoms with Crippen molar-refractivity contribution in [3.05, 3.63) is 88.7 Å². The predicted octanol–water partition coefficient (Wildman–Crippen LogP) is 3.91. The number of sulfonamides is 1. The average Bonchev–Trinajstić information content (AvgIpc) is 3.10. The number of carbonyl (C=O) groups is 1. The second kappa shape index (κ2) is 10.4. The van der Waals surface area contributed by atoms with E-state index in [2.05, 4.69) is 29.2 Å². The second-order valence-electron chi connectivity index (χ2n) is 8.82. The van der Waals surface area contributed by atoms with Crippen molar-refractivity contribution in [1.29, 1.82) is 0 Å². The van der Waals surface area contributed by atoms with Gasteiger partial charge in [0.2, 0.25) is 10.0 Å². The lowest BCUT2D eigenvalue weighted by Gasteiger charge is -2.39. The number of aromatic nitrogens is 1. The van der Waals surface area contributed by atoms with Crippen LogP contribution in [0, 0.1) is 13.8 Å². The maximum Gasteiger partial charge on any atom is 0.341 e. The summed E-state index contributed by atoms with van der Waals surface area (Å²) in [5, 5.41) is 0. The number of piperazine rings is 1. The third-order valence-corrected chi connectivity index (χ3v) is 8.93. The minimum atomic E-state index is -3.88. The fourth-order valence-corrected chi connectivity index (χ4v) is 6.79. The van der Waals surface area contributed by atoms with Crippen LogP contribution in [0.4, 0.5) is 0 Å². The van der Waals surface area contributed by atoms with Gasteiger partial charge in [0.25, 0.3) is 0 Å². The number of hydrogen-bond acceptors (Lipinski definition) is 5. The third kappa shape index (κ3) is 4.78. The quantitative estimate of drug-likeness (QED) is 0.465. The number of benzene rings is 2. The van der Waals surface area contributed by atoms with Crippen molar-refractivity contribution < 1.29 is 17.9 Å². The molecule has 0 radical (unpaired) electrons. The summed E-state index contributed by atoms with van der Waals surface area (Å²) < 4.78 is 36.1. The molecule has 0 saturated carbocycles. The Bertz CT molecular complexity index is 1240. The summed E-state index contributed by atoms with van der Waals surface area (Å²) in [6.45, 7) is 7.22. The number of hydrogen-bond donors (Lipinski definition) is 0. The molecule has 1 aromatic heterocycles. The van der Waals surface area contributed by atoms with Crippen molar-refractivity contribution in [3.8, 4) is 0 Å². The van der Waals surface area contributed by atoms with Crippen LogP contribution in [0.15, 0.2) is 65.6 Å². The van der Waals surface area contributed by atoms with Crippen LogP contribution in [0.3, 0.4) is 0 Å². The van der Waals surface area contributed by atoms with Crippen LogP contribution in [0.2, 0.25) is 0 Å². The molecule has 0 spiro atoms. The van der Waals surface area contributed by atoms with E-state index in [1.165, 1.54) is 15.4 Å². The van der Waals surface area contributed by atoms with Crippen LogP contribution in [0.1, 0.15) is 45.8 Å². The summed E-state index contributed by atoms with van der Waals surface area (Å²) in [6, 6.07) is 20.6. The molecule has 0 atom stereocenters. The van der Waals surface area contributed by atoms with Crippen molar-refractivity contribution in [1.82, 2.24) is 13.8 Å².